The van der Waals surface area contributed by atoms with Crippen molar-refractivity contribution in [2.75, 3.05) is 13.1 Å². The number of alkyl halides is 3. The molecule has 1 aliphatic heterocycles. The lowest BCUT2D eigenvalue weighted by Crippen LogP contribution is -2.57. The van der Waals surface area contributed by atoms with Crippen molar-refractivity contribution in [1.29, 1.82) is 0 Å². The van der Waals surface area contributed by atoms with E-state index in [1.807, 2.05) is 13.8 Å². The van der Waals surface area contributed by atoms with Gasteiger partial charge in [0.15, 0.2) is 5.60 Å². The van der Waals surface area contributed by atoms with E-state index in [2.05, 4.69) is 5.32 Å². The van der Waals surface area contributed by atoms with Crippen LogP contribution >= 0.6 is 0 Å². The highest BCUT2D eigenvalue weighted by Crippen LogP contribution is 2.38. The summed E-state index contributed by atoms with van der Waals surface area (Å²) in [4.78, 5) is 13.7. The van der Waals surface area contributed by atoms with E-state index in [4.69, 9.17) is 0 Å². The fourth-order valence-corrected chi connectivity index (χ4v) is 2.60. The van der Waals surface area contributed by atoms with Gasteiger partial charge in [0, 0.05) is 19.1 Å². The molecule has 1 fully saturated rings. The minimum Gasteiger partial charge on any atom is -0.380 e. The van der Waals surface area contributed by atoms with Gasteiger partial charge in [-0.25, -0.2) is 0 Å². The third-order valence-corrected chi connectivity index (χ3v) is 4.19. The van der Waals surface area contributed by atoms with Crippen LogP contribution in [0.1, 0.15) is 46.5 Å². The Morgan fingerprint density at radius 3 is 2.29 bits per heavy atom. The number of halogens is 3. The highest BCUT2D eigenvalue weighted by Gasteiger charge is 2.54. The lowest BCUT2D eigenvalue weighted by molar-refractivity contribution is -0.273. The summed E-state index contributed by atoms with van der Waals surface area (Å²) in [6.07, 6.45) is -3.57. The zero-order chi connectivity index (χ0) is 16.3. The molecule has 2 N–H and O–H groups in total. The molecule has 0 aliphatic carbocycles. The Kier molecular flexibility index (Phi) is 6.04. The molecule has 2 atom stereocenters. The van der Waals surface area contributed by atoms with E-state index in [0.29, 0.717) is 0 Å². The van der Waals surface area contributed by atoms with Gasteiger partial charge in [-0.05, 0) is 33.1 Å². The predicted octanol–water partition coefficient (Wildman–Crippen LogP) is 2.07. The van der Waals surface area contributed by atoms with Gasteiger partial charge < -0.3 is 10.4 Å². The minimum absolute atomic E-state index is 0.0573. The molecule has 1 aliphatic rings. The van der Waals surface area contributed by atoms with E-state index in [1.54, 1.807) is 11.8 Å². The second kappa shape index (κ2) is 6.96. The fraction of sp³-hybridized carbons (Fsp3) is 0.929. The van der Waals surface area contributed by atoms with Crippen LogP contribution in [0.4, 0.5) is 13.2 Å². The largest absolute Gasteiger partial charge is 0.417 e. The first-order valence-corrected chi connectivity index (χ1v) is 7.44. The van der Waals surface area contributed by atoms with E-state index in [-0.39, 0.29) is 25.0 Å². The summed E-state index contributed by atoms with van der Waals surface area (Å²) in [5.41, 5.74) is -2.62. The van der Waals surface area contributed by atoms with Gasteiger partial charge in [0.1, 0.15) is 0 Å². The first kappa shape index (κ1) is 18.2. The number of carbonyl (C=O) groups is 1. The van der Waals surface area contributed by atoms with Crippen molar-refractivity contribution < 1.29 is 23.1 Å². The first-order valence-electron chi connectivity index (χ1n) is 7.44. The van der Waals surface area contributed by atoms with Crippen molar-refractivity contribution in [1.82, 2.24) is 10.2 Å². The van der Waals surface area contributed by atoms with Crippen LogP contribution < -0.4 is 5.32 Å². The van der Waals surface area contributed by atoms with E-state index in [9.17, 15) is 23.1 Å². The molecule has 0 aromatic heterocycles. The maximum atomic E-state index is 12.7. The van der Waals surface area contributed by atoms with Gasteiger partial charge in [-0.15, -0.1) is 0 Å². The van der Waals surface area contributed by atoms with Gasteiger partial charge in [-0.3, -0.25) is 9.69 Å². The summed E-state index contributed by atoms with van der Waals surface area (Å²) < 4.78 is 38.2. The molecule has 0 spiro atoms. The third-order valence-electron chi connectivity index (χ3n) is 4.19. The van der Waals surface area contributed by atoms with Crippen molar-refractivity contribution >= 4 is 5.91 Å². The molecule has 4 nitrogen and oxygen atoms in total. The summed E-state index contributed by atoms with van der Waals surface area (Å²) in [6.45, 7) is 5.74. The number of hydrogen-bond donors (Lipinski definition) is 2. The number of nitrogens with one attached hydrogen (secondary N) is 1. The van der Waals surface area contributed by atoms with Crippen LogP contribution in [0.25, 0.3) is 0 Å². The van der Waals surface area contributed by atoms with Crippen molar-refractivity contribution in [3.8, 4) is 0 Å². The maximum Gasteiger partial charge on any atom is 0.417 e. The van der Waals surface area contributed by atoms with Crippen LogP contribution in [0.5, 0.6) is 0 Å². The summed E-state index contributed by atoms with van der Waals surface area (Å²) >= 11 is 0. The quantitative estimate of drug-likeness (QED) is 0.817. The van der Waals surface area contributed by atoms with Crippen LogP contribution in [0.2, 0.25) is 0 Å². The second-order valence-electron chi connectivity index (χ2n) is 5.94. The SMILES string of the molecule is CCCC(C)NC(=O)C(C)N1CCC(O)(C(F)(F)F)CC1. The summed E-state index contributed by atoms with van der Waals surface area (Å²) in [6, 6.07) is -0.427. The molecule has 0 bridgehead atoms. The zero-order valence-electron chi connectivity index (χ0n) is 12.8. The molecular weight excluding hydrogens is 285 g/mol. The number of piperidine rings is 1. The third kappa shape index (κ3) is 4.57. The average Bonchev–Trinajstić information content (AvgIpc) is 2.37. The number of nitrogens with zero attached hydrogens (tertiary/aromatic N) is 1. The van der Waals surface area contributed by atoms with Gasteiger partial charge >= 0.3 is 6.18 Å². The van der Waals surface area contributed by atoms with E-state index in [0.717, 1.165) is 12.8 Å². The summed E-state index contributed by atoms with van der Waals surface area (Å²) in [7, 11) is 0. The van der Waals surface area contributed by atoms with Gasteiger partial charge in [0.05, 0.1) is 6.04 Å². The highest BCUT2D eigenvalue weighted by atomic mass is 19.4. The molecule has 1 amide bonds. The van der Waals surface area contributed by atoms with E-state index in [1.165, 1.54) is 0 Å². The number of carbonyl (C=O) groups excluding carboxylic acids is 1. The normalized spacial score (nSPS) is 22.6. The highest BCUT2D eigenvalue weighted by molar-refractivity contribution is 5.81. The van der Waals surface area contributed by atoms with Crippen molar-refractivity contribution in [2.45, 2.75) is 70.3 Å². The standard InChI is InChI=1S/C14H25F3N2O2/c1-4-5-10(2)18-12(20)11(3)19-8-6-13(21,7-9-19)14(15,16)17/h10-11,21H,4-9H2,1-3H3,(H,18,20). The lowest BCUT2D eigenvalue weighted by Gasteiger charge is -2.41. The van der Waals surface area contributed by atoms with Crippen LogP contribution in [-0.2, 0) is 4.79 Å². The molecule has 7 heteroatoms. The molecule has 1 rings (SSSR count). The zero-order valence-corrected chi connectivity index (χ0v) is 12.8. The Morgan fingerprint density at radius 2 is 1.86 bits per heavy atom. The number of aliphatic hydroxyl groups is 1. The van der Waals surface area contributed by atoms with E-state index < -0.39 is 30.7 Å². The second-order valence-corrected chi connectivity index (χ2v) is 5.94. The molecular formula is C14H25F3N2O2. The topological polar surface area (TPSA) is 52.6 Å². The van der Waals surface area contributed by atoms with E-state index >= 15 is 0 Å². The molecule has 21 heavy (non-hydrogen) atoms. The number of amides is 1. The lowest BCUT2D eigenvalue weighted by atomic mass is 9.90. The molecule has 1 heterocycles. The number of rotatable bonds is 5. The smallest absolute Gasteiger partial charge is 0.380 e. The van der Waals surface area contributed by atoms with Gasteiger partial charge in [0.2, 0.25) is 5.91 Å². The van der Waals surface area contributed by atoms with Crippen molar-refractivity contribution in [2.24, 2.45) is 0 Å². The molecule has 0 aromatic carbocycles. The summed E-state index contributed by atoms with van der Waals surface area (Å²) in [5, 5.41) is 12.5. The van der Waals surface area contributed by atoms with Gasteiger partial charge in [-0.1, -0.05) is 13.3 Å². The van der Waals surface area contributed by atoms with Crippen LogP contribution in [0.15, 0.2) is 0 Å². The fourth-order valence-electron chi connectivity index (χ4n) is 2.60. The maximum absolute atomic E-state index is 12.7. The number of hydrogen-bond acceptors (Lipinski definition) is 3. The Morgan fingerprint density at radius 1 is 1.33 bits per heavy atom. The molecule has 0 aromatic rings. The van der Waals surface area contributed by atoms with Crippen LogP contribution in [0, 0.1) is 0 Å². The molecule has 0 radical (unpaired) electrons. The molecule has 0 saturated carbocycles. The van der Waals surface area contributed by atoms with Crippen LogP contribution in [-0.4, -0.2) is 52.9 Å². The average molecular weight is 310 g/mol. The Labute approximate surface area is 123 Å². The molecule has 1 saturated heterocycles. The molecule has 2 unspecified atom stereocenters. The summed E-state index contributed by atoms with van der Waals surface area (Å²) in [5.74, 6) is -0.173. The Bertz CT molecular complexity index is 353. The number of likely N-dealkylation sites (tertiary alicyclic amines) is 1. The molecule has 124 valence electrons. The van der Waals surface area contributed by atoms with Gasteiger partial charge in [-0.2, -0.15) is 13.2 Å². The predicted molar refractivity (Wildman–Crippen MR) is 73.8 cm³/mol. The first-order chi connectivity index (χ1) is 9.60. The minimum atomic E-state index is -4.61. The van der Waals surface area contributed by atoms with Crippen molar-refractivity contribution in [3.05, 3.63) is 0 Å². The van der Waals surface area contributed by atoms with Crippen LogP contribution in [0.3, 0.4) is 0 Å². The van der Waals surface area contributed by atoms with Gasteiger partial charge in [0.25, 0.3) is 0 Å². The monoisotopic (exact) mass is 310 g/mol. The van der Waals surface area contributed by atoms with Crippen molar-refractivity contribution in [3.63, 3.8) is 0 Å². The Balaban J connectivity index is 2.52. The Hall–Kier alpha value is -0.820.